The number of hydrogen-bond donors (Lipinski definition) is 2. The van der Waals surface area contributed by atoms with Crippen LogP contribution in [0, 0.1) is 0 Å². The van der Waals surface area contributed by atoms with Crippen molar-refractivity contribution in [2.75, 3.05) is 41.5 Å². The van der Waals surface area contributed by atoms with Gasteiger partial charge in [-0.1, -0.05) is 0 Å². The van der Waals surface area contributed by atoms with Gasteiger partial charge in [-0.05, 0) is 47.5 Å². The number of aromatic hydroxyl groups is 2. The highest BCUT2D eigenvalue weighted by Crippen LogP contribution is 2.39. The number of carbonyl (C=O) groups is 2. The highest BCUT2D eigenvalue weighted by Gasteiger charge is 2.28. The van der Waals surface area contributed by atoms with Gasteiger partial charge in [0.25, 0.3) is 0 Å². The number of Topliss-reactive ketones (excluding diaryl/α,β-unsaturated/α-hetero) is 1. The number of nitrogens with zero attached hydrogens (tertiary/aromatic N) is 1. The molecule has 0 saturated carbocycles. The van der Waals surface area contributed by atoms with E-state index in [2.05, 4.69) is 0 Å². The SMILES string of the molecule is COc1cc(C=C2CN(C(C)=O)CC(=Cc3cc(O)c(OC)c(OC)c3)C2=O)cc(O)c1OC. The molecule has 0 unspecified atom stereocenters. The number of rotatable bonds is 6. The van der Waals surface area contributed by atoms with Crippen molar-refractivity contribution in [1.29, 1.82) is 0 Å². The summed E-state index contributed by atoms with van der Waals surface area (Å²) < 4.78 is 20.8. The molecule has 0 spiro atoms. The maximum Gasteiger partial charge on any atom is 0.220 e. The summed E-state index contributed by atoms with van der Waals surface area (Å²) in [6.07, 6.45) is 3.19. The van der Waals surface area contributed by atoms with E-state index in [9.17, 15) is 19.8 Å². The highest BCUT2D eigenvalue weighted by atomic mass is 16.5. The van der Waals surface area contributed by atoms with Gasteiger partial charge in [-0.3, -0.25) is 9.59 Å². The lowest BCUT2D eigenvalue weighted by Gasteiger charge is -2.29. The van der Waals surface area contributed by atoms with E-state index in [0.717, 1.165) is 0 Å². The lowest BCUT2D eigenvalue weighted by atomic mass is 9.94. The zero-order chi connectivity index (χ0) is 25.0. The van der Waals surface area contributed by atoms with Gasteiger partial charge in [-0.15, -0.1) is 0 Å². The molecule has 1 aliphatic heterocycles. The molecular formula is C25H27NO8. The van der Waals surface area contributed by atoms with Crippen molar-refractivity contribution in [2.24, 2.45) is 0 Å². The maximum atomic E-state index is 13.3. The lowest BCUT2D eigenvalue weighted by molar-refractivity contribution is -0.129. The molecular weight excluding hydrogens is 442 g/mol. The maximum absolute atomic E-state index is 13.3. The van der Waals surface area contributed by atoms with Crippen molar-refractivity contribution in [3.63, 3.8) is 0 Å². The molecule has 0 radical (unpaired) electrons. The summed E-state index contributed by atoms with van der Waals surface area (Å²) in [6.45, 7) is 1.64. The molecule has 2 aromatic carbocycles. The second-order valence-electron chi connectivity index (χ2n) is 7.59. The molecule has 1 heterocycles. The first kappa shape index (κ1) is 24.5. The summed E-state index contributed by atoms with van der Waals surface area (Å²) >= 11 is 0. The third kappa shape index (κ3) is 4.93. The molecule has 2 aromatic rings. The number of phenols is 2. The van der Waals surface area contributed by atoms with Gasteiger partial charge < -0.3 is 34.1 Å². The molecule has 9 nitrogen and oxygen atoms in total. The summed E-state index contributed by atoms with van der Waals surface area (Å²) in [5.74, 6) is 0.220. The minimum atomic E-state index is -0.263. The van der Waals surface area contributed by atoms with E-state index in [-0.39, 0.29) is 47.8 Å². The Balaban J connectivity index is 2.07. The molecule has 0 aliphatic carbocycles. The van der Waals surface area contributed by atoms with Crippen LogP contribution >= 0.6 is 0 Å². The van der Waals surface area contributed by atoms with Crippen LogP contribution in [-0.2, 0) is 9.59 Å². The van der Waals surface area contributed by atoms with Crippen LogP contribution in [0.5, 0.6) is 34.5 Å². The summed E-state index contributed by atoms with van der Waals surface area (Å²) in [5, 5.41) is 20.5. The van der Waals surface area contributed by atoms with E-state index in [0.29, 0.717) is 33.8 Å². The van der Waals surface area contributed by atoms with Crippen molar-refractivity contribution >= 4 is 23.8 Å². The van der Waals surface area contributed by atoms with E-state index in [1.807, 2.05) is 0 Å². The van der Waals surface area contributed by atoms with Crippen molar-refractivity contribution in [2.45, 2.75) is 6.92 Å². The van der Waals surface area contributed by atoms with Crippen LogP contribution in [0.2, 0.25) is 0 Å². The van der Waals surface area contributed by atoms with Gasteiger partial charge in [0, 0.05) is 31.2 Å². The van der Waals surface area contributed by atoms with Crippen LogP contribution in [0.15, 0.2) is 35.4 Å². The second kappa shape index (κ2) is 10.2. The Morgan fingerprint density at radius 3 is 1.53 bits per heavy atom. The summed E-state index contributed by atoms with van der Waals surface area (Å²) in [5.41, 5.74) is 1.71. The number of phenolic OH excluding ortho intramolecular Hbond substituents is 2. The van der Waals surface area contributed by atoms with Gasteiger partial charge in [0.05, 0.1) is 28.4 Å². The minimum absolute atomic E-state index is 0.109. The Morgan fingerprint density at radius 1 is 0.794 bits per heavy atom. The number of ketones is 1. The van der Waals surface area contributed by atoms with Crippen LogP contribution < -0.4 is 18.9 Å². The molecule has 1 saturated heterocycles. The van der Waals surface area contributed by atoms with Gasteiger partial charge in [-0.25, -0.2) is 0 Å². The standard InChI is InChI=1S/C25H27NO8/c1-14(27)26-12-17(6-15-8-19(28)24(33-4)21(10-15)31-2)23(30)18(13-26)7-16-9-20(29)25(34-5)22(11-16)32-3/h6-11,28-29H,12-13H2,1-5H3. The molecule has 9 heteroatoms. The molecule has 0 bridgehead atoms. The predicted octanol–water partition coefficient (Wildman–Crippen LogP) is 3.03. The number of ether oxygens (including phenoxy) is 4. The number of hydrogen-bond acceptors (Lipinski definition) is 8. The van der Waals surface area contributed by atoms with Crippen LogP contribution in [0.3, 0.4) is 0 Å². The van der Waals surface area contributed by atoms with Crippen LogP contribution in [0.1, 0.15) is 18.1 Å². The molecule has 1 aliphatic rings. The molecule has 1 amide bonds. The van der Waals surface area contributed by atoms with Gasteiger partial charge in [0.2, 0.25) is 17.4 Å². The Bertz CT molecular complexity index is 1100. The molecule has 2 N–H and O–H groups in total. The average molecular weight is 469 g/mol. The molecule has 3 rings (SSSR count). The summed E-state index contributed by atoms with van der Waals surface area (Å²) in [7, 11) is 5.70. The Morgan fingerprint density at radius 2 is 1.21 bits per heavy atom. The van der Waals surface area contributed by atoms with Crippen LogP contribution in [0.4, 0.5) is 0 Å². The number of likely N-dealkylation sites (tertiary alicyclic amines) is 1. The van der Waals surface area contributed by atoms with Crippen molar-refractivity contribution in [3.05, 3.63) is 46.5 Å². The third-order valence-electron chi connectivity index (χ3n) is 5.40. The Kier molecular flexibility index (Phi) is 7.35. The number of benzene rings is 2. The molecule has 180 valence electrons. The lowest BCUT2D eigenvalue weighted by Crippen LogP contribution is -2.40. The summed E-state index contributed by atoms with van der Waals surface area (Å²) in [6, 6.07) is 6.15. The van der Waals surface area contributed by atoms with E-state index in [1.165, 1.54) is 52.4 Å². The fourth-order valence-corrected chi connectivity index (χ4v) is 3.76. The highest BCUT2D eigenvalue weighted by molar-refractivity contribution is 6.15. The zero-order valence-corrected chi connectivity index (χ0v) is 19.7. The normalized spacial score (nSPS) is 16.0. The van der Waals surface area contributed by atoms with Gasteiger partial charge in [0.15, 0.2) is 28.8 Å². The van der Waals surface area contributed by atoms with E-state index in [1.54, 1.807) is 24.3 Å². The fraction of sp³-hybridized carbons (Fsp3) is 0.280. The fourth-order valence-electron chi connectivity index (χ4n) is 3.76. The van der Waals surface area contributed by atoms with E-state index < -0.39 is 0 Å². The Labute approximate surface area is 197 Å². The van der Waals surface area contributed by atoms with Crippen molar-refractivity contribution < 1.29 is 38.7 Å². The molecule has 0 aromatic heterocycles. The third-order valence-corrected chi connectivity index (χ3v) is 5.40. The van der Waals surface area contributed by atoms with Gasteiger partial charge in [0.1, 0.15) is 0 Å². The second-order valence-corrected chi connectivity index (χ2v) is 7.59. The van der Waals surface area contributed by atoms with Crippen LogP contribution in [-0.4, -0.2) is 68.3 Å². The molecule has 1 fully saturated rings. The quantitative estimate of drug-likeness (QED) is 0.621. The number of piperidine rings is 1. The number of carbonyl (C=O) groups excluding carboxylic acids is 2. The van der Waals surface area contributed by atoms with E-state index >= 15 is 0 Å². The smallest absolute Gasteiger partial charge is 0.220 e. The first-order valence-electron chi connectivity index (χ1n) is 10.3. The number of amides is 1. The minimum Gasteiger partial charge on any atom is -0.504 e. The monoisotopic (exact) mass is 469 g/mol. The van der Waals surface area contributed by atoms with E-state index in [4.69, 9.17) is 18.9 Å². The first-order chi connectivity index (χ1) is 16.2. The topological polar surface area (TPSA) is 115 Å². The van der Waals surface area contributed by atoms with Crippen molar-refractivity contribution in [3.8, 4) is 34.5 Å². The largest absolute Gasteiger partial charge is 0.504 e. The molecule has 34 heavy (non-hydrogen) atoms. The zero-order valence-electron chi connectivity index (χ0n) is 19.7. The van der Waals surface area contributed by atoms with Gasteiger partial charge in [-0.2, -0.15) is 0 Å². The van der Waals surface area contributed by atoms with Crippen molar-refractivity contribution in [1.82, 2.24) is 4.90 Å². The first-order valence-corrected chi connectivity index (χ1v) is 10.3. The van der Waals surface area contributed by atoms with Gasteiger partial charge >= 0.3 is 0 Å². The number of methoxy groups -OCH3 is 4. The predicted molar refractivity (Wildman–Crippen MR) is 126 cm³/mol. The van der Waals surface area contributed by atoms with Crippen LogP contribution in [0.25, 0.3) is 12.2 Å². The Hall–Kier alpha value is -4.14. The summed E-state index contributed by atoms with van der Waals surface area (Å²) in [4.78, 5) is 27.0. The molecule has 0 atom stereocenters. The average Bonchev–Trinajstić information content (AvgIpc) is 2.80.